The molecule has 10 heteroatoms. The molecule has 2 N–H and O–H groups in total. The van der Waals surface area contributed by atoms with E-state index in [4.69, 9.17) is 4.74 Å². The van der Waals surface area contributed by atoms with Crippen molar-refractivity contribution in [2.75, 3.05) is 37.5 Å². The number of nitrogens with zero attached hydrogens (tertiary/aromatic N) is 1. The standard InChI is InChI=1S/C19H21F2N3O4S/c1-5-28-19(27)15-10(2)16(17(26)22-3)29-18(15)23-14(25)9-24(4)11-6-7-12(20)13(21)8-11/h6-8H,5,9H2,1-4H3,(H,22,26)(H,23,25). The predicted octanol–water partition coefficient (Wildman–Crippen LogP) is 2.95. The van der Waals surface area contributed by atoms with Crippen LogP contribution in [-0.4, -0.2) is 45.0 Å². The normalized spacial score (nSPS) is 10.4. The highest BCUT2D eigenvalue weighted by Gasteiger charge is 2.26. The first-order chi connectivity index (χ1) is 13.7. The van der Waals surface area contributed by atoms with Gasteiger partial charge in [-0.25, -0.2) is 13.6 Å². The van der Waals surface area contributed by atoms with Gasteiger partial charge in [0, 0.05) is 25.8 Å². The number of carbonyl (C=O) groups is 3. The molecule has 2 amide bonds. The van der Waals surface area contributed by atoms with Crippen molar-refractivity contribution >= 4 is 39.8 Å². The summed E-state index contributed by atoms with van der Waals surface area (Å²) in [7, 11) is 2.99. The average Bonchev–Trinajstić information content (AvgIpc) is 2.99. The predicted molar refractivity (Wildman–Crippen MR) is 107 cm³/mol. The summed E-state index contributed by atoms with van der Waals surface area (Å²) in [4.78, 5) is 38.5. The summed E-state index contributed by atoms with van der Waals surface area (Å²) >= 11 is 0.956. The Labute approximate surface area is 170 Å². The Bertz CT molecular complexity index is 946. The van der Waals surface area contributed by atoms with Gasteiger partial charge in [-0.1, -0.05) is 0 Å². The number of likely N-dealkylation sites (N-methyl/N-ethyl adjacent to an activating group) is 1. The molecule has 1 heterocycles. The highest BCUT2D eigenvalue weighted by atomic mass is 32.1. The fourth-order valence-electron chi connectivity index (χ4n) is 2.58. The number of ether oxygens (including phenoxy) is 1. The number of anilines is 2. The molecule has 0 bridgehead atoms. The zero-order chi connectivity index (χ0) is 21.7. The number of halogens is 2. The third-order valence-corrected chi connectivity index (χ3v) is 5.24. The first-order valence-electron chi connectivity index (χ1n) is 8.68. The molecule has 1 aromatic carbocycles. The van der Waals surface area contributed by atoms with Crippen LogP contribution >= 0.6 is 11.3 Å². The quantitative estimate of drug-likeness (QED) is 0.666. The van der Waals surface area contributed by atoms with Crippen molar-refractivity contribution in [1.29, 1.82) is 0 Å². The van der Waals surface area contributed by atoms with E-state index in [0.29, 0.717) is 11.3 Å². The van der Waals surface area contributed by atoms with Crippen LogP contribution in [0.4, 0.5) is 19.5 Å². The van der Waals surface area contributed by atoms with Crippen molar-refractivity contribution in [3.05, 3.63) is 45.8 Å². The fourth-order valence-corrected chi connectivity index (χ4v) is 3.73. The summed E-state index contributed by atoms with van der Waals surface area (Å²) in [5.74, 6) is -3.56. The van der Waals surface area contributed by atoms with Gasteiger partial charge < -0.3 is 20.3 Å². The molecule has 2 rings (SSSR count). The first kappa shape index (κ1) is 22.3. The number of hydrogen-bond donors (Lipinski definition) is 2. The summed E-state index contributed by atoms with van der Waals surface area (Å²) in [6, 6.07) is 3.29. The van der Waals surface area contributed by atoms with Crippen molar-refractivity contribution in [2.45, 2.75) is 13.8 Å². The fraction of sp³-hybridized carbons (Fsp3) is 0.316. The molecule has 1 aromatic heterocycles. The first-order valence-corrected chi connectivity index (χ1v) is 9.49. The Balaban J connectivity index is 2.24. The van der Waals surface area contributed by atoms with Crippen LogP contribution in [0.25, 0.3) is 0 Å². The number of amides is 2. The van der Waals surface area contributed by atoms with E-state index in [9.17, 15) is 23.2 Å². The lowest BCUT2D eigenvalue weighted by Crippen LogP contribution is -2.30. The molecule has 29 heavy (non-hydrogen) atoms. The van der Waals surface area contributed by atoms with Crippen molar-refractivity contribution < 1.29 is 27.9 Å². The van der Waals surface area contributed by atoms with Gasteiger partial charge in [0.1, 0.15) is 5.00 Å². The topological polar surface area (TPSA) is 87.7 Å². The number of benzene rings is 1. The van der Waals surface area contributed by atoms with E-state index in [1.165, 1.54) is 25.1 Å². The van der Waals surface area contributed by atoms with Crippen LogP contribution in [0.3, 0.4) is 0 Å². The minimum absolute atomic E-state index is 0.110. The SMILES string of the molecule is CCOC(=O)c1c(NC(=O)CN(C)c2ccc(F)c(F)c2)sc(C(=O)NC)c1C. The van der Waals surface area contributed by atoms with Gasteiger partial charge in [0.2, 0.25) is 5.91 Å². The maximum absolute atomic E-state index is 13.4. The molecule has 0 aliphatic carbocycles. The van der Waals surface area contributed by atoms with Gasteiger partial charge in [0.15, 0.2) is 11.6 Å². The van der Waals surface area contributed by atoms with Crippen LogP contribution in [0.1, 0.15) is 32.5 Å². The maximum atomic E-state index is 13.4. The van der Waals surface area contributed by atoms with E-state index in [1.807, 2.05) is 0 Å². The lowest BCUT2D eigenvalue weighted by Gasteiger charge is -2.19. The van der Waals surface area contributed by atoms with Crippen molar-refractivity contribution in [3.63, 3.8) is 0 Å². The largest absolute Gasteiger partial charge is 0.462 e. The molecule has 156 valence electrons. The number of nitrogens with one attached hydrogen (secondary N) is 2. The number of carbonyl (C=O) groups excluding carboxylic acids is 3. The molecule has 0 spiro atoms. The van der Waals surface area contributed by atoms with Gasteiger partial charge in [0.05, 0.1) is 23.6 Å². The Kier molecular flexibility index (Phi) is 7.27. The second kappa shape index (κ2) is 9.46. The summed E-state index contributed by atoms with van der Waals surface area (Å²) in [5.41, 5.74) is 0.814. The second-order valence-electron chi connectivity index (χ2n) is 6.06. The second-order valence-corrected chi connectivity index (χ2v) is 7.08. The molecule has 0 atom stereocenters. The lowest BCUT2D eigenvalue weighted by molar-refractivity contribution is -0.114. The van der Waals surface area contributed by atoms with Gasteiger partial charge in [-0.3, -0.25) is 9.59 Å². The monoisotopic (exact) mass is 425 g/mol. The van der Waals surface area contributed by atoms with E-state index >= 15 is 0 Å². The third-order valence-electron chi connectivity index (χ3n) is 4.04. The van der Waals surface area contributed by atoms with Crippen molar-refractivity contribution in [1.82, 2.24) is 5.32 Å². The Morgan fingerprint density at radius 1 is 1.21 bits per heavy atom. The number of thiophene rings is 1. The smallest absolute Gasteiger partial charge is 0.341 e. The minimum Gasteiger partial charge on any atom is -0.462 e. The van der Waals surface area contributed by atoms with Crippen LogP contribution in [0.2, 0.25) is 0 Å². The summed E-state index contributed by atoms with van der Waals surface area (Å²) in [5, 5.41) is 5.27. The summed E-state index contributed by atoms with van der Waals surface area (Å²) in [6.45, 7) is 3.18. The zero-order valence-corrected chi connectivity index (χ0v) is 17.2. The van der Waals surface area contributed by atoms with Gasteiger partial charge in [-0.2, -0.15) is 0 Å². The molecule has 0 aliphatic rings. The van der Waals surface area contributed by atoms with E-state index in [2.05, 4.69) is 10.6 Å². The number of esters is 1. The summed E-state index contributed by atoms with van der Waals surface area (Å²) in [6.07, 6.45) is 0. The van der Waals surface area contributed by atoms with Crippen LogP contribution in [0.5, 0.6) is 0 Å². The van der Waals surface area contributed by atoms with Gasteiger partial charge in [-0.05, 0) is 31.5 Å². The van der Waals surface area contributed by atoms with E-state index in [1.54, 1.807) is 13.8 Å². The zero-order valence-electron chi connectivity index (χ0n) is 16.4. The highest BCUT2D eigenvalue weighted by molar-refractivity contribution is 7.18. The molecule has 0 saturated carbocycles. The maximum Gasteiger partial charge on any atom is 0.341 e. The molecular weight excluding hydrogens is 404 g/mol. The van der Waals surface area contributed by atoms with E-state index in [0.717, 1.165) is 23.5 Å². The molecular formula is C19H21F2N3O4S. The lowest BCUT2D eigenvalue weighted by atomic mass is 10.1. The molecule has 0 fully saturated rings. The average molecular weight is 425 g/mol. The van der Waals surface area contributed by atoms with Crippen LogP contribution in [-0.2, 0) is 9.53 Å². The number of rotatable bonds is 7. The molecule has 0 unspecified atom stereocenters. The number of hydrogen-bond acceptors (Lipinski definition) is 6. The molecule has 2 aromatic rings. The van der Waals surface area contributed by atoms with Crippen LogP contribution < -0.4 is 15.5 Å². The summed E-state index contributed by atoms with van der Waals surface area (Å²) < 4.78 is 31.5. The third kappa shape index (κ3) is 5.08. The minimum atomic E-state index is -1.02. The van der Waals surface area contributed by atoms with Crippen molar-refractivity contribution in [3.8, 4) is 0 Å². The molecule has 7 nitrogen and oxygen atoms in total. The molecule has 0 radical (unpaired) electrons. The van der Waals surface area contributed by atoms with Gasteiger partial charge in [-0.15, -0.1) is 11.3 Å². The van der Waals surface area contributed by atoms with Gasteiger partial charge in [0.25, 0.3) is 5.91 Å². The van der Waals surface area contributed by atoms with E-state index in [-0.39, 0.29) is 28.6 Å². The Hall–Kier alpha value is -3.01. The van der Waals surface area contributed by atoms with Crippen LogP contribution in [0, 0.1) is 18.6 Å². The Morgan fingerprint density at radius 3 is 2.48 bits per heavy atom. The molecule has 0 aliphatic heterocycles. The molecule has 0 saturated heterocycles. The van der Waals surface area contributed by atoms with Crippen LogP contribution in [0.15, 0.2) is 18.2 Å². The van der Waals surface area contributed by atoms with E-state index < -0.39 is 29.4 Å². The Morgan fingerprint density at radius 2 is 1.90 bits per heavy atom. The van der Waals surface area contributed by atoms with Gasteiger partial charge >= 0.3 is 5.97 Å². The highest BCUT2D eigenvalue weighted by Crippen LogP contribution is 2.33. The van der Waals surface area contributed by atoms with Crippen molar-refractivity contribution in [2.24, 2.45) is 0 Å².